The Morgan fingerprint density at radius 1 is 0.761 bits per heavy atom. The van der Waals surface area contributed by atoms with E-state index >= 15 is 0 Å². The molecule has 0 spiro atoms. The number of carboxylic acids is 1. The molecule has 4 aromatic rings. The average Bonchev–Trinajstić information content (AvgIpc) is 3.71. The van der Waals surface area contributed by atoms with Gasteiger partial charge in [0.2, 0.25) is 5.91 Å². The lowest BCUT2D eigenvalue weighted by Gasteiger charge is -2.40. The van der Waals surface area contributed by atoms with Gasteiger partial charge in [0.25, 0.3) is 0 Å². The molecule has 238 valence electrons. The zero-order valence-electron chi connectivity index (χ0n) is 25.6. The van der Waals surface area contributed by atoms with E-state index in [1.54, 1.807) is 11.0 Å². The first-order chi connectivity index (χ1) is 22.2. The van der Waals surface area contributed by atoms with Crippen molar-refractivity contribution < 1.29 is 29.0 Å². The van der Waals surface area contributed by atoms with Crippen molar-refractivity contribution in [3.63, 3.8) is 0 Å². The summed E-state index contributed by atoms with van der Waals surface area (Å²) in [5, 5.41) is 12.0. The van der Waals surface area contributed by atoms with Gasteiger partial charge in [-0.2, -0.15) is 0 Å². The van der Waals surface area contributed by atoms with Crippen LogP contribution in [0.3, 0.4) is 0 Å². The summed E-state index contributed by atoms with van der Waals surface area (Å²) in [5.41, 5.74) is 8.44. The number of nitrogens with one attached hydrogen (secondary N) is 1. The molecule has 4 N–H and O–H groups in total. The van der Waals surface area contributed by atoms with E-state index in [1.165, 1.54) is 11.1 Å². The number of carbonyl (C=O) groups is 2. The van der Waals surface area contributed by atoms with Gasteiger partial charge in [0, 0.05) is 18.7 Å². The number of aliphatic carboxylic acids is 1. The number of aryl methyl sites for hydroxylation is 4. The third-order valence-corrected chi connectivity index (χ3v) is 10.3. The van der Waals surface area contributed by atoms with Gasteiger partial charge in [-0.25, -0.2) is 0 Å². The normalized spacial score (nSPS) is 15.1. The lowest BCUT2D eigenvalue weighted by Crippen LogP contribution is -2.50. The van der Waals surface area contributed by atoms with Gasteiger partial charge < -0.3 is 25.1 Å². The summed E-state index contributed by atoms with van der Waals surface area (Å²) in [6.45, 7) is -0.102. The number of nitrogens with zero attached hydrogens (tertiary/aromatic N) is 1. The predicted octanol–water partition coefficient (Wildman–Crippen LogP) is 6.22. The number of hydrogen-bond acceptors (Lipinski definition) is 4. The number of carbonyl (C=O) groups excluding carboxylic acids is 1. The van der Waals surface area contributed by atoms with Crippen LogP contribution in [0.1, 0.15) is 58.4 Å². The minimum Gasteiger partial charge on any atom is -0.481 e. The molecule has 4 aromatic carbocycles. The van der Waals surface area contributed by atoms with Crippen molar-refractivity contribution in [1.29, 1.82) is 0 Å². The lowest BCUT2D eigenvalue weighted by atomic mass is 9.97. The fraction of sp³-hybridized carbons (Fsp3) is 0.297. The second-order valence-electron chi connectivity index (χ2n) is 12.3. The zero-order chi connectivity index (χ0) is 32.3. The fourth-order valence-corrected chi connectivity index (χ4v) is 8.06. The fourth-order valence-electron chi connectivity index (χ4n) is 6.89. The van der Waals surface area contributed by atoms with E-state index in [0.29, 0.717) is 11.3 Å². The summed E-state index contributed by atoms with van der Waals surface area (Å²) in [7, 11) is -4.90. The molecule has 46 heavy (non-hydrogen) atoms. The molecule has 0 saturated carbocycles. The maximum absolute atomic E-state index is 14.1. The minimum absolute atomic E-state index is 0.102. The largest absolute Gasteiger partial charge is 0.481 e. The first kappa shape index (κ1) is 31.7. The zero-order valence-corrected chi connectivity index (χ0v) is 26.5. The Hall–Kier alpha value is -4.23. The molecular formula is C37H39N2O6P. The molecule has 2 aliphatic rings. The van der Waals surface area contributed by atoms with E-state index in [0.717, 1.165) is 66.3 Å². The quantitative estimate of drug-likeness (QED) is 0.136. The Bertz CT molecular complexity index is 1770. The molecular weight excluding hydrogens is 599 g/mol. The number of benzene rings is 4. The van der Waals surface area contributed by atoms with Gasteiger partial charge in [-0.05, 0) is 95.2 Å². The van der Waals surface area contributed by atoms with Gasteiger partial charge in [0.15, 0.2) is 5.78 Å². The Kier molecular flexibility index (Phi) is 9.41. The van der Waals surface area contributed by atoms with Crippen LogP contribution in [-0.4, -0.2) is 39.4 Å². The highest BCUT2D eigenvalue weighted by atomic mass is 31.2. The van der Waals surface area contributed by atoms with Gasteiger partial charge in [0.05, 0.1) is 6.42 Å². The van der Waals surface area contributed by atoms with Crippen molar-refractivity contribution in [1.82, 2.24) is 5.32 Å². The van der Waals surface area contributed by atoms with Crippen molar-refractivity contribution in [2.24, 2.45) is 0 Å². The number of amides is 1. The second kappa shape index (κ2) is 13.6. The molecule has 0 heterocycles. The van der Waals surface area contributed by atoms with E-state index in [9.17, 15) is 29.0 Å². The van der Waals surface area contributed by atoms with Gasteiger partial charge in [0.1, 0.15) is 6.04 Å². The molecule has 8 nitrogen and oxygen atoms in total. The van der Waals surface area contributed by atoms with Crippen LogP contribution in [0.4, 0.5) is 5.69 Å². The Balaban J connectivity index is 1.46. The van der Waals surface area contributed by atoms with Crippen LogP contribution >= 0.6 is 7.60 Å². The van der Waals surface area contributed by atoms with Crippen LogP contribution in [0.2, 0.25) is 0 Å². The molecule has 1 unspecified atom stereocenters. The SMILES string of the molecule is O=C(O)CCNC(=O)[C@H](Cc1ccc(-c2ccccc2)cc1)N(c1ccc2c(c1)CCC2)C(c1ccc2c(c1)CCC2)P(=O)(O)O. The average molecular weight is 639 g/mol. The van der Waals surface area contributed by atoms with Crippen LogP contribution in [0.15, 0.2) is 91.0 Å². The van der Waals surface area contributed by atoms with E-state index in [4.69, 9.17) is 0 Å². The Labute approximate surface area is 269 Å². The van der Waals surface area contributed by atoms with E-state index in [1.807, 2.05) is 84.9 Å². The monoisotopic (exact) mass is 638 g/mol. The third-order valence-electron chi connectivity index (χ3n) is 9.15. The van der Waals surface area contributed by atoms with Gasteiger partial charge in [-0.3, -0.25) is 14.2 Å². The van der Waals surface area contributed by atoms with Crippen molar-refractivity contribution in [3.8, 4) is 11.1 Å². The number of rotatable bonds is 12. The summed E-state index contributed by atoms with van der Waals surface area (Å²) < 4.78 is 13.6. The second-order valence-corrected chi connectivity index (χ2v) is 13.9. The summed E-state index contributed by atoms with van der Waals surface area (Å²) in [5.74, 6) is -2.97. The minimum atomic E-state index is -4.90. The molecule has 0 saturated heterocycles. The molecule has 0 radical (unpaired) electrons. The molecule has 6 rings (SSSR count). The summed E-state index contributed by atoms with van der Waals surface area (Å²) in [4.78, 5) is 49.2. The van der Waals surface area contributed by atoms with Crippen LogP contribution in [0.5, 0.6) is 0 Å². The molecule has 2 aliphatic carbocycles. The van der Waals surface area contributed by atoms with E-state index in [2.05, 4.69) is 5.32 Å². The van der Waals surface area contributed by atoms with Crippen molar-refractivity contribution >= 4 is 25.2 Å². The maximum Gasteiger partial charge on any atom is 0.352 e. The third kappa shape index (κ3) is 7.10. The Morgan fingerprint density at radius 3 is 2.02 bits per heavy atom. The molecule has 0 fully saturated rings. The van der Waals surface area contributed by atoms with Crippen molar-refractivity contribution in [2.45, 2.75) is 63.2 Å². The van der Waals surface area contributed by atoms with E-state index in [-0.39, 0.29) is 19.4 Å². The lowest BCUT2D eigenvalue weighted by molar-refractivity contribution is -0.136. The first-order valence-corrected chi connectivity index (χ1v) is 17.6. The van der Waals surface area contributed by atoms with Crippen LogP contribution in [0.25, 0.3) is 11.1 Å². The van der Waals surface area contributed by atoms with E-state index < -0.39 is 31.3 Å². The van der Waals surface area contributed by atoms with Crippen molar-refractivity contribution in [2.75, 3.05) is 11.4 Å². The molecule has 0 aliphatic heterocycles. The molecule has 2 atom stereocenters. The van der Waals surface area contributed by atoms with Crippen LogP contribution in [0, 0.1) is 0 Å². The topological polar surface area (TPSA) is 127 Å². The first-order valence-electron chi connectivity index (χ1n) is 15.9. The molecule has 0 bridgehead atoms. The Morgan fingerprint density at radius 2 is 1.37 bits per heavy atom. The summed E-state index contributed by atoms with van der Waals surface area (Å²) >= 11 is 0. The molecule has 9 heteroatoms. The molecule has 1 amide bonds. The standard InChI is InChI=1S/C37H39N2O6P/c40-35(41)20-21-38-36(42)34(22-25-12-14-29(15-13-25)26-6-2-1-3-7-26)39(33-19-18-28-9-5-11-31(28)24-33)37(46(43,44)45)32-17-16-27-8-4-10-30(27)23-32/h1-3,6-7,12-19,23-24,34,37H,4-5,8-11,20-22H2,(H,38,42)(H,40,41)(H2,43,44,45)/t34-,37?/m0/s1. The number of anilines is 1. The number of carboxylic acid groups (broad SMARTS) is 1. The van der Waals surface area contributed by atoms with Gasteiger partial charge >= 0.3 is 13.6 Å². The number of hydrogen-bond donors (Lipinski definition) is 4. The number of fused-ring (bicyclic) bond motifs is 2. The summed E-state index contributed by atoms with van der Waals surface area (Å²) in [6.07, 6.45) is 5.42. The smallest absolute Gasteiger partial charge is 0.352 e. The van der Waals surface area contributed by atoms with Gasteiger partial charge in [-0.15, -0.1) is 0 Å². The molecule has 0 aromatic heterocycles. The predicted molar refractivity (Wildman–Crippen MR) is 179 cm³/mol. The highest BCUT2D eigenvalue weighted by Crippen LogP contribution is 2.56. The highest BCUT2D eigenvalue weighted by Gasteiger charge is 2.43. The van der Waals surface area contributed by atoms with Crippen LogP contribution in [-0.2, 0) is 46.3 Å². The summed E-state index contributed by atoms with van der Waals surface area (Å²) in [6, 6.07) is 28.1. The maximum atomic E-state index is 14.1. The highest BCUT2D eigenvalue weighted by molar-refractivity contribution is 7.52. The van der Waals surface area contributed by atoms with Gasteiger partial charge in [-0.1, -0.05) is 78.9 Å². The van der Waals surface area contributed by atoms with Crippen LogP contribution < -0.4 is 10.2 Å². The van der Waals surface area contributed by atoms with Crippen molar-refractivity contribution in [3.05, 3.63) is 124 Å².